The van der Waals surface area contributed by atoms with E-state index in [2.05, 4.69) is 30.2 Å². The van der Waals surface area contributed by atoms with Gasteiger partial charge in [0.2, 0.25) is 0 Å². The van der Waals surface area contributed by atoms with E-state index in [9.17, 15) is 5.11 Å². The molecule has 4 rings (SSSR count). The van der Waals surface area contributed by atoms with Gasteiger partial charge in [0.1, 0.15) is 11.4 Å². The third-order valence-corrected chi connectivity index (χ3v) is 6.36. The van der Waals surface area contributed by atoms with Crippen molar-refractivity contribution < 1.29 is 9.84 Å². The minimum Gasteiger partial charge on any atom is -0.496 e. The first-order valence-corrected chi connectivity index (χ1v) is 10.8. The number of benzene rings is 2. The molecule has 0 unspecified atom stereocenters. The van der Waals surface area contributed by atoms with E-state index in [4.69, 9.17) is 16.3 Å². The molecule has 4 aromatic rings. The number of thiophene rings is 1. The third-order valence-electron chi connectivity index (χ3n) is 4.90. The molecule has 1 N–H and O–H groups in total. The molecule has 0 radical (unpaired) electrons. The number of hydrogen-bond acceptors (Lipinski definition) is 4. The summed E-state index contributed by atoms with van der Waals surface area (Å²) < 4.78 is 7.37. The molecular formula is C24H23ClN2O2S. The van der Waals surface area contributed by atoms with Crippen molar-refractivity contribution in [1.82, 2.24) is 9.78 Å². The van der Waals surface area contributed by atoms with Crippen LogP contribution in [0.2, 0.25) is 5.02 Å². The molecule has 0 spiro atoms. The van der Waals surface area contributed by atoms with E-state index in [1.54, 1.807) is 37.0 Å². The number of aryl methyl sites for hydroxylation is 1. The molecule has 30 heavy (non-hydrogen) atoms. The Morgan fingerprint density at radius 2 is 1.77 bits per heavy atom. The first-order valence-electron chi connectivity index (χ1n) is 9.61. The molecule has 0 bridgehead atoms. The van der Waals surface area contributed by atoms with Crippen LogP contribution < -0.4 is 4.74 Å². The third kappa shape index (κ3) is 3.88. The van der Waals surface area contributed by atoms with Crippen molar-refractivity contribution in [2.75, 3.05) is 7.11 Å². The first kappa shape index (κ1) is 20.7. The van der Waals surface area contributed by atoms with Crippen LogP contribution in [0.25, 0.3) is 26.7 Å². The van der Waals surface area contributed by atoms with Crippen molar-refractivity contribution in [2.45, 2.75) is 26.4 Å². The standard InChI is InChI=1S/C24H23ClN2O2S/c1-15-9-10-20(29-4)16(13-15)21-11-12-22(30-21)19-14-23(24(2,3)28)26-27(19)18-8-6-5-7-17(18)25/h5-14,28H,1-4H3. The maximum absolute atomic E-state index is 10.5. The van der Waals surface area contributed by atoms with E-state index in [-0.39, 0.29) is 0 Å². The highest BCUT2D eigenvalue weighted by Crippen LogP contribution is 2.40. The van der Waals surface area contributed by atoms with Crippen LogP contribution in [0.5, 0.6) is 5.75 Å². The van der Waals surface area contributed by atoms with Gasteiger partial charge in [0.25, 0.3) is 0 Å². The summed E-state index contributed by atoms with van der Waals surface area (Å²) in [5.74, 6) is 0.839. The average molecular weight is 439 g/mol. The van der Waals surface area contributed by atoms with E-state index in [0.29, 0.717) is 10.7 Å². The average Bonchev–Trinajstić information content (AvgIpc) is 3.35. The fourth-order valence-corrected chi connectivity index (χ4v) is 4.54. The number of ether oxygens (including phenoxy) is 1. The highest BCUT2D eigenvalue weighted by molar-refractivity contribution is 7.18. The molecule has 4 nitrogen and oxygen atoms in total. The van der Waals surface area contributed by atoms with Crippen molar-refractivity contribution in [2.24, 2.45) is 0 Å². The zero-order valence-corrected chi connectivity index (χ0v) is 18.9. The minimum atomic E-state index is -1.07. The quantitative estimate of drug-likeness (QED) is 0.388. The summed E-state index contributed by atoms with van der Waals surface area (Å²) in [5, 5.41) is 15.8. The normalized spacial score (nSPS) is 11.7. The molecule has 0 aliphatic rings. The van der Waals surface area contributed by atoms with E-state index in [0.717, 1.165) is 32.4 Å². The topological polar surface area (TPSA) is 47.3 Å². The van der Waals surface area contributed by atoms with E-state index < -0.39 is 5.60 Å². The lowest BCUT2D eigenvalue weighted by Crippen LogP contribution is -2.16. The Hall–Kier alpha value is -2.60. The maximum atomic E-state index is 10.5. The van der Waals surface area contributed by atoms with Gasteiger partial charge < -0.3 is 9.84 Å². The van der Waals surface area contributed by atoms with Crippen LogP contribution in [0, 0.1) is 6.92 Å². The summed E-state index contributed by atoms with van der Waals surface area (Å²) in [6.45, 7) is 5.53. The van der Waals surface area contributed by atoms with Crippen LogP contribution in [0.1, 0.15) is 25.1 Å². The lowest BCUT2D eigenvalue weighted by Gasteiger charge is -2.13. The second kappa shape index (κ2) is 7.91. The second-order valence-corrected chi connectivity index (χ2v) is 9.20. The number of nitrogens with zero attached hydrogens (tertiary/aromatic N) is 2. The van der Waals surface area contributed by atoms with Gasteiger partial charge in [-0.1, -0.05) is 35.4 Å². The van der Waals surface area contributed by atoms with Gasteiger partial charge in [-0.15, -0.1) is 11.3 Å². The summed E-state index contributed by atoms with van der Waals surface area (Å²) in [7, 11) is 1.69. The fraction of sp³-hybridized carbons (Fsp3) is 0.208. The van der Waals surface area contributed by atoms with Gasteiger partial charge in [-0.05, 0) is 63.2 Å². The molecular weight excluding hydrogens is 416 g/mol. The Kier molecular flexibility index (Phi) is 5.45. The molecule has 154 valence electrons. The predicted molar refractivity (Wildman–Crippen MR) is 124 cm³/mol. The monoisotopic (exact) mass is 438 g/mol. The summed E-state index contributed by atoms with van der Waals surface area (Å²) in [5.41, 5.74) is 3.39. The van der Waals surface area contributed by atoms with Gasteiger partial charge in [0.15, 0.2) is 0 Å². The Labute approximate surface area is 185 Å². The smallest absolute Gasteiger partial charge is 0.127 e. The van der Waals surface area contributed by atoms with Crippen molar-refractivity contribution in [3.63, 3.8) is 0 Å². The van der Waals surface area contributed by atoms with Gasteiger partial charge >= 0.3 is 0 Å². The molecule has 2 aromatic carbocycles. The highest BCUT2D eigenvalue weighted by Gasteiger charge is 2.24. The summed E-state index contributed by atoms with van der Waals surface area (Å²) in [6.07, 6.45) is 0. The molecule has 0 fully saturated rings. The Morgan fingerprint density at radius 3 is 2.47 bits per heavy atom. The molecule has 2 heterocycles. The maximum Gasteiger partial charge on any atom is 0.127 e. The zero-order chi connectivity index (χ0) is 21.5. The lowest BCUT2D eigenvalue weighted by atomic mass is 10.1. The van der Waals surface area contributed by atoms with Crippen molar-refractivity contribution in [1.29, 1.82) is 0 Å². The Morgan fingerprint density at radius 1 is 1.03 bits per heavy atom. The van der Waals surface area contributed by atoms with Crippen LogP contribution in [0.3, 0.4) is 0 Å². The van der Waals surface area contributed by atoms with E-state index >= 15 is 0 Å². The zero-order valence-electron chi connectivity index (χ0n) is 17.3. The SMILES string of the molecule is COc1ccc(C)cc1-c1ccc(-c2cc(C(C)(C)O)nn2-c2ccccc2Cl)s1. The molecule has 2 aromatic heterocycles. The lowest BCUT2D eigenvalue weighted by molar-refractivity contribution is 0.0734. The van der Waals surface area contributed by atoms with Crippen LogP contribution in [0.15, 0.2) is 60.7 Å². The molecule has 0 aliphatic heterocycles. The van der Waals surface area contributed by atoms with E-state index in [1.807, 2.05) is 42.5 Å². The van der Waals surface area contributed by atoms with Gasteiger partial charge in [-0.3, -0.25) is 0 Å². The van der Waals surface area contributed by atoms with Crippen LogP contribution in [-0.4, -0.2) is 22.0 Å². The molecule has 0 aliphatic carbocycles. The largest absolute Gasteiger partial charge is 0.496 e. The van der Waals surface area contributed by atoms with Crippen molar-refractivity contribution >= 4 is 22.9 Å². The number of aromatic nitrogens is 2. The molecule has 6 heteroatoms. The number of hydrogen-bond donors (Lipinski definition) is 1. The number of rotatable bonds is 5. The van der Waals surface area contributed by atoms with Gasteiger partial charge in [0, 0.05) is 10.4 Å². The molecule has 0 amide bonds. The van der Waals surface area contributed by atoms with Crippen LogP contribution in [-0.2, 0) is 5.60 Å². The Bertz CT molecular complexity index is 1200. The summed E-state index contributed by atoms with van der Waals surface area (Å²) >= 11 is 8.11. The minimum absolute atomic E-state index is 0.584. The second-order valence-electron chi connectivity index (χ2n) is 7.70. The van der Waals surface area contributed by atoms with Crippen LogP contribution in [0.4, 0.5) is 0 Å². The fourth-order valence-electron chi connectivity index (χ4n) is 3.30. The van der Waals surface area contributed by atoms with Gasteiger partial charge in [-0.25, -0.2) is 4.68 Å². The predicted octanol–water partition coefficient (Wildman–Crippen LogP) is 6.47. The van der Waals surface area contributed by atoms with Crippen molar-refractivity contribution in [3.05, 3.63) is 76.9 Å². The molecule has 0 atom stereocenters. The van der Waals surface area contributed by atoms with Gasteiger partial charge in [-0.2, -0.15) is 5.10 Å². The van der Waals surface area contributed by atoms with Crippen LogP contribution >= 0.6 is 22.9 Å². The van der Waals surface area contributed by atoms with E-state index in [1.165, 1.54) is 5.56 Å². The van der Waals surface area contributed by atoms with Gasteiger partial charge in [0.05, 0.1) is 34.1 Å². The Balaban J connectivity index is 1.87. The summed E-state index contributed by atoms with van der Waals surface area (Å²) in [6, 6.07) is 19.8. The molecule has 0 saturated heterocycles. The number of halogens is 1. The molecule has 0 saturated carbocycles. The number of methoxy groups -OCH3 is 1. The number of aliphatic hydroxyl groups is 1. The first-order chi connectivity index (χ1) is 14.3. The summed E-state index contributed by atoms with van der Waals surface area (Å²) in [4.78, 5) is 2.12. The number of para-hydroxylation sites is 1. The highest BCUT2D eigenvalue weighted by atomic mass is 35.5. The van der Waals surface area contributed by atoms with Crippen molar-refractivity contribution in [3.8, 4) is 32.4 Å².